The van der Waals surface area contributed by atoms with Gasteiger partial charge in [0.2, 0.25) is 0 Å². The summed E-state index contributed by atoms with van der Waals surface area (Å²) < 4.78 is 20.2. The SMILES string of the molecule is Cn1nc(C2CCOCC2)c(-c2ccc(F)cc2)c1N. The Kier molecular flexibility index (Phi) is 3.44. The van der Waals surface area contributed by atoms with E-state index in [2.05, 4.69) is 5.10 Å². The van der Waals surface area contributed by atoms with E-state index in [0.717, 1.165) is 42.9 Å². The Morgan fingerprint density at radius 2 is 1.90 bits per heavy atom. The standard InChI is InChI=1S/C15H18FN3O/c1-19-15(17)13(10-2-4-12(16)5-3-10)14(18-19)11-6-8-20-9-7-11/h2-5,11H,6-9,17H2,1H3. The Hall–Kier alpha value is -1.88. The van der Waals surface area contributed by atoms with Crippen molar-refractivity contribution < 1.29 is 9.13 Å². The quantitative estimate of drug-likeness (QED) is 0.916. The van der Waals surface area contributed by atoms with E-state index < -0.39 is 0 Å². The maximum Gasteiger partial charge on any atom is 0.129 e. The number of rotatable bonds is 2. The number of nitrogen functional groups attached to an aromatic ring is 1. The Labute approximate surface area is 117 Å². The fourth-order valence-corrected chi connectivity index (χ4v) is 2.73. The smallest absolute Gasteiger partial charge is 0.129 e. The minimum Gasteiger partial charge on any atom is -0.383 e. The van der Waals surface area contributed by atoms with Gasteiger partial charge < -0.3 is 10.5 Å². The molecule has 106 valence electrons. The fraction of sp³-hybridized carbons (Fsp3) is 0.400. The average molecular weight is 275 g/mol. The highest BCUT2D eigenvalue weighted by atomic mass is 19.1. The lowest BCUT2D eigenvalue weighted by Crippen LogP contribution is -2.15. The third kappa shape index (κ3) is 2.29. The van der Waals surface area contributed by atoms with Crippen LogP contribution in [0.25, 0.3) is 11.1 Å². The highest BCUT2D eigenvalue weighted by Crippen LogP contribution is 2.37. The van der Waals surface area contributed by atoms with Gasteiger partial charge in [-0.1, -0.05) is 12.1 Å². The van der Waals surface area contributed by atoms with Crippen molar-refractivity contribution in [2.24, 2.45) is 7.05 Å². The molecular formula is C15H18FN3O. The zero-order valence-electron chi connectivity index (χ0n) is 11.5. The summed E-state index contributed by atoms with van der Waals surface area (Å²) in [5, 5.41) is 4.58. The molecule has 0 amide bonds. The Morgan fingerprint density at radius 3 is 2.55 bits per heavy atom. The minimum absolute atomic E-state index is 0.246. The topological polar surface area (TPSA) is 53.1 Å². The van der Waals surface area contributed by atoms with Crippen LogP contribution in [0.5, 0.6) is 0 Å². The maximum atomic E-state index is 13.1. The lowest BCUT2D eigenvalue weighted by atomic mass is 9.91. The van der Waals surface area contributed by atoms with Gasteiger partial charge in [0.1, 0.15) is 11.6 Å². The van der Waals surface area contributed by atoms with Crippen molar-refractivity contribution in [2.75, 3.05) is 18.9 Å². The van der Waals surface area contributed by atoms with Crippen LogP contribution in [0, 0.1) is 5.82 Å². The number of hydrogen-bond acceptors (Lipinski definition) is 3. The van der Waals surface area contributed by atoms with Crippen LogP contribution in [0.1, 0.15) is 24.5 Å². The van der Waals surface area contributed by atoms with Gasteiger partial charge in [-0.25, -0.2) is 4.39 Å². The Bertz CT molecular complexity index is 600. The Balaban J connectivity index is 2.06. The van der Waals surface area contributed by atoms with Crippen LogP contribution in [0.15, 0.2) is 24.3 Å². The van der Waals surface area contributed by atoms with E-state index in [0.29, 0.717) is 11.7 Å². The van der Waals surface area contributed by atoms with Gasteiger partial charge in [-0.15, -0.1) is 0 Å². The normalized spacial score (nSPS) is 16.5. The summed E-state index contributed by atoms with van der Waals surface area (Å²) in [5.41, 5.74) is 9.00. The summed E-state index contributed by atoms with van der Waals surface area (Å²) in [6, 6.07) is 6.42. The number of benzene rings is 1. The first-order valence-corrected chi connectivity index (χ1v) is 6.83. The molecule has 0 radical (unpaired) electrons. The molecule has 0 bridgehead atoms. The van der Waals surface area contributed by atoms with Gasteiger partial charge in [-0.2, -0.15) is 5.10 Å². The lowest BCUT2D eigenvalue weighted by molar-refractivity contribution is 0.0845. The molecule has 1 aliphatic rings. The molecule has 20 heavy (non-hydrogen) atoms. The largest absolute Gasteiger partial charge is 0.383 e. The van der Waals surface area contributed by atoms with Crippen molar-refractivity contribution in [3.05, 3.63) is 35.8 Å². The molecule has 1 fully saturated rings. The van der Waals surface area contributed by atoms with Gasteiger partial charge in [0.25, 0.3) is 0 Å². The number of nitrogens with zero attached hydrogens (tertiary/aromatic N) is 2. The minimum atomic E-state index is -0.246. The first-order valence-electron chi connectivity index (χ1n) is 6.83. The number of halogens is 1. The second kappa shape index (κ2) is 5.25. The molecule has 0 atom stereocenters. The lowest BCUT2D eigenvalue weighted by Gasteiger charge is -2.21. The molecule has 0 spiro atoms. The van der Waals surface area contributed by atoms with Gasteiger partial charge in [-0.3, -0.25) is 4.68 Å². The average Bonchev–Trinajstić information content (AvgIpc) is 2.77. The van der Waals surface area contributed by atoms with Crippen molar-refractivity contribution in [3.8, 4) is 11.1 Å². The van der Waals surface area contributed by atoms with Crippen LogP contribution < -0.4 is 5.73 Å². The molecule has 0 aliphatic carbocycles. The molecule has 2 N–H and O–H groups in total. The van der Waals surface area contributed by atoms with E-state index in [4.69, 9.17) is 10.5 Å². The second-order valence-electron chi connectivity index (χ2n) is 5.16. The van der Waals surface area contributed by atoms with E-state index >= 15 is 0 Å². The summed E-state index contributed by atoms with van der Waals surface area (Å²) in [4.78, 5) is 0. The van der Waals surface area contributed by atoms with Crippen LogP contribution in [-0.2, 0) is 11.8 Å². The van der Waals surface area contributed by atoms with Crippen LogP contribution in [0.2, 0.25) is 0 Å². The highest BCUT2D eigenvalue weighted by molar-refractivity contribution is 5.77. The molecule has 0 unspecified atom stereocenters. The molecule has 3 rings (SSSR count). The highest BCUT2D eigenvalue weighted by Gasteiger charge is 2.25. The fourth-order valence-electron chi connectivity index (χ4n) is 2.73. The van der Waals surface area contributed by atoms with Crippen molar-refractivity contribution in [2.45, 2.75) is 18.8 Å². The number of aryl methyl sites for hydroxylation is 1. The molecule has 0 saturated carbocycles. The first kappa shape index (κ1) is 13.1. The molecular weight excluding hydrogens is 257 g/mol. The molecule has 4 nitrogen and oxygen atoms in total. The molecule has 1 aromatic carbocycles. The van der Waals surface area contributed by atoms with Crippen LogP contribution in [-0.4, -0.2) is 23.0 Å². The number of nitrogens with two attached hydrogens (primary N) is 1. The summed E-state index contributed by atoms with van der Waals surface area (Å²) >= 11 is 0. The van der Waals surface area contributed by atoms with Gasteiger partial charge in [0, 0.05) is 31.7 Å². The molecule has 2 aromatic rings. The summed E-state index contributed by atoms with van der Waals surface area (Å²) in [6.45, 7) is 1.51. The second-order valence-corrected chi connectivity index (χ2v) is 5.16. The van der Waals surface area contributed by atoms with Gasteiger partial charge >= 0.3 is 0 Å². The number of hydrogen-bond donors (Lipinski definition) is 1. The van der Waals surface area contributed by atoms with Crippen molar-refractivity contribution in [1.82, 2.24) is 9.78 Å². The monoisotopic (exact) mass is 275 g/mol. The van der Waals surface area contributed by atoms with E-state index in [9.17, 15) is 4.39 Å². The number of aromatic nitrogens is 2. The van der Waals surface area contributed by atoms with Gasteiger partial charge in [0.05, 0.1) is 5.69 Å². The predicted molar refractivity (Wildman–Crippen MR) is 75.8 cm³/mol. The Morgan fingerprint density at radius 1 is 1.25 bits per heavy atom. The van der Waals surface area contributed by atoms with E-state index in [1.54, 1.807) is 16.8 Å². The van der Waals surface area contributed by atoms with E-state index in [1.165, 1.54) is 12.1 Å². The van der Waals surface area contributed by atoms with Crippen LogP contribution in [0.3, 0.4) is 0 Å². The maximum absolute atomic E-state index is 13.1. The molecule has 2 heterocycles. The molecule has 1 aromatic heterocycles. The predicted octanol–water partition coefficient (Wildman–Crippen LogP) is 2.70. The van der Waals surface area contributed by atoms with Crippen LogP contribution >= 0.6 is 0 Å². The van der Waals surface area contributed by atoms with Gasteiger partial charge in [0.15, 0.2) is 0 Å². The zero-order valence-corrected chi connectivity index (χ0v) is 11.5. The molecule has 1 saturated heterocycles. The summed E-state index contributed by atoms with van der Waals surface area (Å²) in [7, 11) is 1.84. The van der Waals surface area contributed by atoms with Crippen LogP contribution in [0.4, 0.5) is 10.2 Å². The summed E-state index contributed by atoms with van der Waals surface area (Å²) in [5.74, 6) is 0.731. The van der Waals surface area contributed by atoms with E-state index in [1.807, 2.05) is 7.05 Å². The first-order chi connectivity index (χ1) is 9.66. The van der Waals surface area contributed by atoms with Crippen molar-refractivity contribution in [1.29, 1.82) is 0 Å². The van der Waals surface area contributed by atoms with E-state index in [-0.39, 0.29) is 5.82 Å². The third-order valence-electron chi connectivity index (χ3n) is 3.86. The number of anilines is 1. The summed E-state index contributed by atoms with van der Waals surface area (Å²) in [6.07, 6.45) is 1.90. The van der Waals surface area contributed by atoms with Gasteiger partial charge in [-0.05, 0) is 30.5 Å². The number of ether oxygens (including phenoxy) is 1. The molecule has 5 heteroatoms. The molecule has 1 aliphatic heterocycles. The third-order valence-corrected chi connectivity index (χ3v) is 3.86. The van der Waals surface area contributed by atoms with Crippen molar-refractivity contribution >= 4 is 5.82 Å². The zero-order chi connectivity index (χ0) is 14.1. The van der Waals surface area contributed by atoms with Crippen molar-refractivity contribution in [3.63, 3.8) is 0 Å².